The van der Waals surface area contributed by atoms with E-state index in [1.807, 2.05) is 24.3 Å². The average molecular weight is 287 g/mol. The molecule has 0 saturated carbocycles. The number of fused-ring (bicyclic) bond motifs is 3. The van der Waals surface area contributed by atoms with Crippen LogP contribution in [-0.4, -0.2) is 43.7 Å². The molecule has 3 saturated heterocycles. The Kier molecular flexibility index (Phi) is 4.25. The Labute approximate surface area is 125 Å². The van der Waals surface area contributed by atoms with Crippen molar-refractivity contribution in [2.24, 2.45) is 5.92 Å². The highest BCUT2D eigenvalue weighted by Crippen LogP contribution is 2.29. The van der Waals surface area contributed by atoms with Crippen LogP contribution >= 0.6 is 0 Å². The smallest absolute Gasteiger partial charge is 0.331 e. The van der Waals surface area contributed by atoms with E-state index in [1.165, 1.54) is 6.08 Å². The Morgan fingerprint density at radius 3 is 2.71 bits per heavy atom. The van der Waals surface area contributed by atoms with E-state index in [0.717, 1.165) is 43.8 Å². The monoisotopic (exact) mass is 287 g/mol. The summed E-state index contributed by atoms with van der Waals surface area (Å²) in [5.74, 6) is 1.03. The lowest BCUT2D eigenvalue weighted by Gasteiger charge is -2.43. The molecule has 1 unspecified atom stereocenters. The largest absolute Gasteiger partial charge is 0.496 e. The van der Waals surface area contributed by atoms with Crippen molar-refractivity contribution in [3.05, 3.63) is 35.9 Å². The Balaban J connectivity index is 1.60. The fourth-order valence-electron chi connectivity index (χ4n) is 3.19. The zero-order valence-electron chi connectivity index (χ0n) is 12.3. The van der Waals surface area contributed by atoms with Crippen molar-refractivity contribution in [3.8, 4) is 5.75 Å². The third-order valence-electron chi connectivity index (χ3n) is 4.40. The molecule has 0 amide bonds. The number of ether oxygens (including phenoxy) is 2. The summed E-state index contributed by atoms with van der Waals surface area (Å²) in [7, 11) is 1.62. The molecule has 0 aromatic heterocycles. The Hall–Kier alpha value is -1.81. The topological polar surface area (TPSA) is 38.8 Å². The van der Waals surface area contributed by atoms with Gasteiger partial charge in [0.05, 0.1) is 7.11 Å². The lowest BCUT2D eigenvalue weighted by molar-refractivity contribution is -0.152. The van der Waals surface area contributed by atoms with Gasteiger partial charge < -0.3 is 9.47 Å². The van der Waals surface area contributed by atoms with Gasteiger partial charge in [-0.3, -0.25) is 4.90 Å². The van der Waals surface area contributed by atoms with Gasteiger partial charge in [0.1, 0.15) is 11.9 Å². The second-order valence-electron chi connectivity index (χ2n) is 5.69. The minimum Gasteiger partial charge on any atom is -0.496 e. The zero-order chi connectivity index (χ0) is 14.7. The molecule has 3 aliphatic heterocycles. The minimum atomic E-state index is -0.264. The van der Waals surface area contributed by atoms with Gasteiger partial charge in [0.25, 0.3) is 0 Å². The number of nitrogens with zero attached hydrogens (tertiary/aromatic N) is 1. The molecule has 4 rings (SSSR count). The van der Waals surface area contributed by atoms with E-state index in [-0.39, 0.29) is 12.1 Å². The fourth-order valence-corrected chi connectivity index (χ4v) is 3.19. The van der Waals surface area contributed by atoms with E-state index in [0.29, 0.717) is 5.92 Å². The van der Waals surface area contributed by atoms with Gasteiger partial charge in [-0.25, -0.2) is 4.79 Å². The molecule has 3 heterocycles. The Morgan fingerprint density at radius 1 is 1.29 bits per heavy atom. The number of rotatable bonds is 4. The summed E-state index contributed by atoms with van der Waals surface area (Å²) < 4.78 is 10.9. The van der Waals surface area contributed by atoms with Crippen LogP contribution in [-0.2, 0) is 9.53 Å². The third-order valence-corrected chi connectivity index (χ3v) is 4.40. The molecule has 4 heteroatoms. The van der Waals surface area contributed by atoms with Crippen LogP contribution in [0.4, 0.5) is 0 Å². The SMILES string of the molecule is COc1ccccc1/C=C/C(=O)OC1CN2CCC1CC2. The van der Waals surface area contributed by atoms with Gasteiger partial charge in [0, 0.05) is 18.2 Å². The first-order valence-corrected chi connectivity index (χ1v) is 7.50. The Bertz CT molecular complexity index is 533. The molecule has 1 aromatic rings. The molecule has 2 bridgehead atoms. The van der Waals surface area contributed by atoms with E-state index in [4.69, 9.17) is 9.47 Å². The average Bonchev–Trinajstić information content (AvgIpc) is 2.54. The molecule has 0 aliphatic carbocycles. The molecule has 112 valence electrons. The summed E-state index contributed by atoms with van der Waals surface area (Å²) in [6.45, 7) is 3.18. The second-order valence-corrected chi connectivity index (χ2v) is 5.69. The molecule has 1 aromatic carbocycles. The van der Waals surface area contributed by atoms with Crippen molar-refractivity contribution in [3.63, 3.8) is 0 Å². The second kappa shape index (κ2) is 6.31. The minimum absolute atomic E-state index is 0.0577. The Morgan fingerprint density at radius 2 is 2.05 bits per heavy atom. The molecule has 4 nitrogen and oxygen atoms in total. The molecule has 0 spiro atoms. The normalized spacial score (nSPS) is 27.8. The van der Waals surface area contributed by atoms with Crippen LogP contribution in [0.25, 0.3) is 6.08 Å². The van der Waals surface area contributed by atoms with Crippen LogP contribution in [0.2, 0.25) is 0 Å². The molecule has 0 N–H and O–H groups in total. The first-order valence-electron chi connectivity index (χ1n) is 7.50. The summed E-state index contributed by atoms with van der Waals surface area (Å²) >= 11 is 0. The summed E-state index contributed by atoms with van der Waals surface area (Å²) in [6, 6.07) is 7.61. The van der Waals surface area contributed by atoms with Crippen LogP contribution in [0.15, 0.2) is 30.3 Å². The first-order chi connectivity index (χ1) is 10.3. The molecule has 0 radical (unpaired) electrons. The number of piperidine rings is 3. The van der Waals surface area contributed by atoms with Gasteiger partial charge in [-0.2, -0.15) is 0 Å². The molecule has 21 heavy (non-hydrogen) atoms. The number of carbonyl (C=O) groups is 1. The van der Waals surface area contributed by atoms with Crippen molar-refractivity contribution < 1.29 is 14.3 Å². The molecular formula is C17H21NO3. The standard InChI is InChI=1S/C17H21NO3/c1-20-15-5-3-2-4-13(15)6-7-17(19)21-16-12-18-10-8-14(16)9-11-18/h2-7,14,16H,8-12H2,1H3/b7-6+. The van der Waals surface area contributed by atoms with E-state index in [1.54, 1.807) is 13.2 Å². The van der Waals surface area contributed by atoms with E-state index >= 15 is 0 Å². The lowest BCUT2D eigenvalue weighted by Crippen LogP contribution is -2.51. The summed E-state index contributed by atoms with van der Waals surface area (Å²) in [5, 5.41) is 0. The predicted molar refractivity (Wildman–Crippen MR) is 81.1 cm³/mol. The fraction of sp³-hybridized carbons (Fsp3) is 0.471. The van der Waals surface area contributed by atoms with Crippen LogP contribution in [0.3, 0.4) is 0 Å². The number of hydrogen-bond donors (Lipinski definition) is 0. The van der Waals surface area contributed by atoms with Crippen LogP contribution in [0.5, 0.6) is 5.75 Å². The van der Waals surface area contributed by atoms with Crippen LogP contribution < -0.4 is 4.74 Å². The summed E-state index contributed by atoms with van der Waals surface area (Å²) in [4.78, 5) is 14.4. The highest BCUT2D eigenvalue weighted by atomic mass is 16.5. The van der Waals surface area contributed by atoms with Crippen molar-refractivity contribution >= 4 is 12.0 Å². The number of methoxy groups -OCH3 is 1. The first kappa shape index (κ1) is 14.1. The molecule has 3 aliphatic rings. The van der Waals surface area contributed by atoms with Gasteiger partial charge in [-0.1, -0.05) is 18.2 Å². The van der Waals surface area contributed by atoms with Crippen molar-refractivity contribution in [2.75, 3.05) is 26.7 Å². The van der Waals surface area contributed by atoms with Crippen LogP contribution in [0.1, 0.15) is 18.4 Å². The highest BCUT2D eigenvalue weighted by molar-refractivity contribution is 5.87. The van der Waals surface area contributed by atoms with Crippen LogP contribution in [0, 0.1) is 5.92 Å². The number of carbonyl (C=O) groups excluding carboxylic acids is 1. The number of hydrogen-bond acceptors (Lipinski definition) is 4. The number of esters is 1. The van der Waals surface area contributed by atoms with Gasteiger partial charge >= 0.3 is 5.97 Å². The number of para-hydroxylation sites is 1. The molecular weight excluding hydrogens is 266 g/mol. The number of benzene rings is 1. The summed E-state index contributed by atoms with van der Waals surface area (Å²) in [6.07, 6.45) is 5.60. The van der Waals surface area contributed by atoms with Crippen molar-refractivity contribution in [1.29, 1.82) is 0 Å². The van der Waals surface area contributed by atoms with Gasteiger partial charge in [0.2, 0.25) is 0 Å². The maximum atomic E-state index is 12.0. The summed E-state index contributed by atoms with van der Waals surface area (Å²) in [5.41, 5.74) is 0.880. The third kappa shape index (κ3) is 3.27. The van der Waals surface area contributed by atoms with Gasteiger partial charge in [-0.05, 0) is 44.0 Å². The van der Waals surface area contributed by atoms with Crippen molar-refractivity contribution in [2.45, 2.75) is 18.9 Å². The highest BCUT2D eigenvalue weighted by Gasteiger charge is 2.36. The molecule has 3 fully saturated rings. The van der Waals surface area contributed by atoms with Gasteiger partial charge in [0.15, 0.2) is 0 Å². The quantitative estimate of drug-likeness (QED) is 0.629. The zero-order valence-corrected chi connectivity index (χ0v) is 12.3. The molecule has 1 atom stereocenters. The van der Waals surface area contributed by atoms with Gasteiger partial charge in [-0.15, -0.1) is 0 Å². The van der Waals surface area contributed by atoms with E-state index < -0.39 is 0 Å². The predicted octanol–water partition coefficient (Wildman–Crippen LogP) is 2.35. The lowest BCUT2D eigenvalue weighted by atomic mass is 9.86. The van der Waals surface area contributed by atoms with E-state index in [2.05, 4.69) is 4.90 Å². The maximum Gasteiger partial charge on any atom is 0.331 e. The van der Waals surface area contributed by atoms with E-state index in [9.17, 15) is 4.79 Å². The van der Waals surface area contributed by atoms with Crippen molar-refractivity contribution in [1.82, 2.24) is 4.90 Å². The maximum absolute atomic E-state index is 12.0.